The first-order valence-corrected chi connectivity index (χ1v) is 7.32. The Hall–Kier alpha value is -2.11. The smallest absolute Gasteiger partial charge is 0.311 e. The number of anilines is 1. The van der Waals surface area contributed by atoms with Gasteiger partial charge >= 0.3 is 5.97 Å². The first kappa shape index (κ1) is 13.9. The summed E-state index contributed by atoms with van der Waals surface area (Å²) in [6.07, 6.45) is 5.77. The maximum Gasteiger partial charge on any atom is 0.311 e. The monoisotopic (exact) mass is 288 g/mol. The molecule has 0 radical (unpaired) electrons. The second-order valence-electron chi connectivity index (χ2n) is 5.82. The van der Waals surface area contributed by atoms with Gasteiger partial charge in [-0.2, -0.15) is 0 Å². The molecule has 1 aliphatic heterocycles. The number of imidazole rings is 1. The minimum Gasteiger partial charge on any atom is -0.481 e. The Kier molecular flexibility index (Phi) is 3.31. The number of aryl methyl sites for hydroxylation is 1. The zero-order valence-electron chi connectivity index (χ0n) is 12.4. The number of hydrogen-bond acceptors (Lipinski definition) is 4. The lowest BCUT2D eigenvalue weighted by atomic mass is 9.77. The number of piperidine rings is 1. The minimum absolute atomic E-state index is 0.502. The molecule has 21 heavy (non-hydrogen) atoms. The van der Waals surface area contributed by atoms with Crippen molar-refractivity contribution in [3.05, 3.63) is 18.6 Å². The first-order valence-electron chi connectivity index (χ1n) is 7.32. The molecule has 112 valence electrons. The summed E-state index contributed by atoms with van der Waals surface area (Å²) in [5, 5.41) is 9.60. The van der Waals surface area contributed by atoms with Crippen molar-refractivity contribution in [3.63, 3.8) is 0 Å². The standard InChI is InChI=1S/C15H20N4O2/c1-3-15(14(20)21)6-4-8-19(9-15)13-12-11(5-7-16-13)18(2)10-17-12/h5,7,10H,3-4,6,8-9H2,1-2H3,(H,20,21). The summed E-state index contributed by atoms with van der Waals surface area (Å²) in [4.78, 5) is 22.6. The predicted octanol–water partition coefficient (Wildman–Crippen LogP) is 2.05. The molecule has 1 N–H and O–H groups in total. The Morgan fingerprint density at radius 1 is 1.48 bits per heavy atom. The van der Waals surface area contributed by atoms with Crippen molar-refractivity contribution in [2.45, 2.75) is 26.2 Å². The lowest BCUT2D eigenvalue weighted by Crippen LogP contribution is -2.48. The third kappa shape index (κ3) is 2.14. The predicted molar refractivity (Wildman–Crippen MR) is 80.3 cm³/mol. The average molecular weight is 288 g/mol. The van der Waals surface area contributed by atoms with E-state index in [-0.39, 0.29) is 0 Å². The first-order chi connectivity index (χ1) is 10.1. The highest BCUT2D eigenvalue weighted by Gasteiger charge is 2.41. The summed E-state index contributed by atoms with van der Waals surface area (Å²) in [7, 11) is 1.95. The van der Waals surface area contributed by atoms with Crippen LogP contribution >= 0.6 is 0 Å². The van der Waals surface area contributed by atoms with E-state index < -0.39 is 11.4 Å². The van der Waals surface area contributed by atoms with Gasteiger partial charge in [-0.3, -0.25) is 4.79 Å². The van der Waals surface area contributed by atoms with Crippen LogP contribution in [0.2, 0.25) is 0 Å². The number of aliphatic carboxylic acids is 1. The molecule has 0 spiro atoms. The van der Waals surface area contributed by atoms with Crippen molar-refractivity contribution < 1.29 is 9.90 Å². The number of hydrogen-bond donors (Lipinski definition) is 1. The molecule has 6 nitrogen and oxygen atoms in total. The van der Waals surface area contributed by atoms with Crippen molar-refractivity contribution in [1.82, 2.24) is 14.5 Å². The van der Waals surface area contributed by atoms with E-state index in [1.54, 1.807) is 12.5 Å². The topological polar surface area (TPSA) is 71.2 Å². The summed E-state index contributed by atoms with van der Waals surface area (Å²) < 4.78 is 1.95. The van der Waals surface area contributed by atoms with E-state index in [2.05, 4.69) is 14.9 Å². The lowest BCUT2D eigenvalue weighted by Gasteiger charge is -2.40. The number of pyridine rings is 1. The Bertz CT molecular complexity index is 681. The molecule has 0 saturated carbocycles. The van der Waals surface area contributed by atoms with Gasteiger partial charge in [0.1, 0.15) is 5.52 Å². The molecule has 1 atom stereocenters. The Morgan fingerprint density at radius 3 is 3.00 bits per heavy atom. The average Bonchev–Trinajstić information content (AvgIpc) is 2.89. The van der Waals surface area contributed by atoms with Gasteiger partial charge in [0.15, 0.2) is 5.82 Å². The molecule has 0 bridgehead atoms. The van der Waals surface area contributed by atoms with Gasteiger partial charge in [0.05, 0.1) is 17.3 Å². The molecule has 3 rings (SSSR count). The largest absolute Gasteiger partial charge is 0.481 e. The van der Waals surface area contributed by atoms with Crippen LogP contribution in [0.1, 0.15) is 26.2 Å². The van der Waals surface area contributed by atoms with E-state index in [1.165, 1.54) is 0 Å². The third-order valence-corrected chi connectivity index (χ3v) is 4.63. The van der Waals surface area contributed by atoms with Crippen LogP contribution < -0.4 is 4.90 Å². The molecule has 1 unspecified atom stereocenters. The zero-order valence-corrected chi connectivity index (χ0v) is 12.4. The fourth-order valence-corrected chi connectivity index (χ4v) is 3.21. The van der Waals surface area contributed by atoms with Gasteiger partial charge in [-0.05, 0) is 25.3 Å². The summed E-state index contributed by atoms with van der Waals surface area (Å²) in [5.74, 6) is 0.0924. The van der Waals surface area contributed by atoms with Gasteiger partial charge in [0.2, 0.25) is 0 Å². The van der Waals surface area contributed by atoms with E-state index in [9.17, 15) is 9.90 Å². The highest BCUT2D eigenvalue weighted by Crippen LogP contribution is 2.36. The number of fused-ring (bicyclic) bond motifs is 1. The van der Waals surface area contributed by atoms with Crippen LogP contribution in [0.3, 0.4) is 0 Å². The summed E-state index contributed by atoms with van der Waals surface area (Å²) >= 11 is 0. The van der Waals surface area contributed by atoms with Crippen LogP contribution in [0.15, 0.2) is 18.6 Å². The lowest BCUT2D eigenvalue weighted by molar-refractivity contribution is -0.149. The van der Waals surface area contributed by atoms with Crippen molar-refractivity contribution in [2.24, 2.45) is 12.5 Å². The molecule has 2 aromatic rings. The van der Waals surface area contributed by atoms with Crippen LogP contribution in [0.5, 0.6) is 0 Å². The van der Waals surface area contributed by atoms with Crippen molar-refractivity contribution >= 4 is 22.8 Å². The molecule has 3 heterocycles. The Balaban J connectivity index is 2.01. The highest BCUT2D eigenvalue weighted by atomic mass is 16.4. The van der Waals surface area contributed by atoms with Gasteiger partial charge in [-0.1, -0.05) is 6.92 Å². The van der Waals surface area contributed by atoms with E-state index in [4.69, 9.17) is 0 Å². The van der Waals surface area contributed by atoms with E-state index in [1.807, 2.05) is 24.6 Å². The van der Waals surface area contributed by atoms with Crippen LogP contribution in [0.25, 0.3) is 11.0 Å². The molecule has 0 aliphatic carbocycles. The number of carbonyl (C=O) groups is 1. The second-order valence-corrected chi connectivity index (χ2v) is 5.82. The number of nitrogens with zero attached hydrogens (tertiary/aromatic N) is 4. The second kappa shape index (κ2) is 5.02. The Labute approximate surface area is 123 Å². The van der Waals surface area contributed by atoms with Crippen LogP contribution in [-0.2, 0) is 11.8 Å². The van der Waals surface area contributed by atoms with E-state index >= 15 is 0 Å². The third-order valence-electron chi connectivity index (χ3n) is 4.63. The molecular formula is C15H20N4O2. The highest BCUT2D eigenvalue weighted by molar-refractivity contribution is 5.87. The van der Waals surface area contributed by atoms with Crippen molar-refractivity contribution in [2.75, 3.05) is 18.0 Å². The van der Waals surface area contributed by atoms with E-state index in [0.29, 0.717) is 13.0 Å². The fourth-order valence-electron chi connectivity index (χ4n) is 3.21. The number of carboxylic acid groups (broad SMARTS) is 1. The van der Waals surface area contributed by atoms with E-state index in [0.717, 1.165) is 36.2 Å². The van der Waals surface area contributed by atoms with Gasteiger partial charge < -0.3 is 14.6 Å². The van der Waals surface area contributed by atoms with Crippen LogP contribution in [0, 0.1) is 5.41 Å². The maximum absolute atomic E-state index is 11.7. The van der Waals surface area contributed by atoms with Crippen LogP contribution in [0.4, 0.5) is 5.82 Å². The molecule has 2 aromatic heterocycles. The fraction of sp³-hybridized carbons (Fsp3) is 0.533. The summed E-state index contributed by atoms with van der Waals surface area (Å²) in [6, 6.07) is 1.93. The normalized spacial score (nSPS) is 22.7. The van der Waals surface area contributed by atoms with Crippen LogP contribution in [-0.4, -0.2) is 38.7 Å². The summed E-state index contributed by atoms with van der Waals surface area (Å²) in [5.41, 5.74) is 1.19. The number of aromatic nitrogens is 3. The quantitative estimate of drug-likeness (QED) is 0.936. The minimum atomic E-state index is -0.706. The molecule has 6 heteroatoms. The molecule has 0 aromatic carbocycles. The molecule has 0 amide bonds. The molecule has 1 aliphatic rings. The molecule has 1 fully saturated rings. The van der Waals surface area contributed by atoms with Gasteiger partial charge in [0, 0.05) is 26.3 Å². The molecule has 1 saturated heterocycles. The zero-order chi connectivity index (χ0) is 15.0. The number of carboxylic acids is 1. The molecular weight excluding hydrogens is 268 g/mol. The van der Waals surface area contributed by atoms with Gasteiger partial charge in [-0.15, -0.1) is 0 Å². The SMILES string of the molecule is CCC1(C(=O)O)CCCN(c2nccc3c2ncn3C)C1. The number of rotatable bonds is 3. The van der Waals surface area contributed by atoms with Gasteiger partial charge in [0.25, 0.3) is 0 Å². The summed E-state index contributed by atoms with van der Waals surface area (Å²) in [6.45, 7) is 3.28. The van der Waals surface area contributed by atoms with Gasteiger partial charge in [-0.25, -0.2) is 9.97 Å². The van der Waals surface area contributed by atoms with Crippen molar-refractivity contribution in [3.8, 4) is 0 Å². The maximum atomic E-state index is 11.7. The Morgan fingerprint density at radius 2 is 2.29 bits per heavy atom. The van der Waals surface area contributed by atoms with Crippen molar-refractivity contribution in [1.29, 1.82) is 0 Å².